The van der Waals surface area contributed by atoms with Crippen LogP contribution in [0.2, 0.25) is 0 Å². The average molecular weight is 276 g/mol. The number of amides is 1. The zero-order chi connectivity index (χ0) is 15.3. The predicted molar refractivity (Wildman–Crippen MR) is 77.9 cm³/mol. The molecular weight excluding hydrogens is 255 g/mol. The highest BCUT2D eigenvalue weighted by atomic mass is 16.7. The molecule has 1 saturated heterocycles. The molecule has 1 aromatic rings. The van der Waals surface area contributed by atoms with E-state index in [-0.39, 0.29) is 0 Å². The van der Waals surface area contributed by atoms with Crippen molar-refractivity contribution in [3.8, 4) is 0 Å². The summed E-state index contributed by atoms with van der Waals surface area (Å²) in [6.07, 6.45) is 1.69. The Morgan fingerprint density at radius 1 is 1.20 bits per heavy atom. The molecule has 2 heterocycles. The van der Waals surface area contributed by atoms with Crippen LogP contribution in [0.25, 0.3) is 0 Å². The quantitative estimate of drug-likeness (QED) is 0.821. The SMILES string of the molecule is Cc1ncc(B2OC(C)(C)C(C)(C)O2)c(C)c1C(N)=O. The molecule has 0 saturated carbocycles. The minimum Gasteiger partial charge on any atom is -0.399 e. The van der Waals surface area contributed by atoms with Gasteiger partial charge in [0.1, 0.15) is 0 Å². The van der Waals surface area contributed by atoms with Crippen LogP contribution in [-0.4, -0.2) is 29.2 Å². The Kier molecular flexibility index (Phi) is 3.43. The number of pyridine rings is 1. The van der Waals surface area contributed by atoms with Gasteiger partial charge in [-0.2, -0.15) is 0 Å². The van der Waals surface area contributed by atoms with Gasteiger partial charge in [-0.3, -0.25) is 9.78 Å². The van der Waals surface area contributed by atoms with Crippen molar-refractivity contribution in [3.63, 3.8) is 0 Å². The van der Waals surface area contributed by atoms with Gasteiger partial charge in [0.2, 0.25) is 0 Å². The summed E-state index contributed by atoms with van der Waals surface area (Å²) >= 11 is 0. The van der Waals surface area contributed by atoms with Gasteiger partial charge in [0.25, 0.3) is 5.91 Å². The summed E-state index contributed by atoms with van der Waals surface area (Å²) in [6, 6.07) is 0. The van der Waals surface area contributed by atoms with Gasteiger partial charge < -0.3 is 15.0 Å². The highest BCUT2D eigenvalue weighted by molar-refractivity contribution is 6.62. The van der Waals surface area contributed by atoms with Crippen molar-refractivity contribution in [2.45, 2.75) is 52.7 Å². The predicted octanol–water partition coefficient (Wildman–Crippen LogP) is 1.10. The van der Waals surface area contributed by atoms with Crippen molar-refractivity contribution >= 4 is 18.5 Å². The number of primary amides is 1. The van der Waals surface area contributed by atoms with Crippen LogP contribution >= 0.6 is 0 Å². The fraction of sp³-hybridized carbons (Fsp3) is 0.571. The fourth-order valence-electron chi connectivity index (χ4n) is 2.31. The second kappa shape index (κ2) is 4.57. The Morgan fingerprint density at radius 2 is 1.70 bits per heavy atom. The highest BCUT2D eigenvalue weighted by Crippen LogP contribution is 2.36. The first-order valence-corrected chi connectivity index (χ1v) is 6.68. The largest absolute Gasteiger partial charge is 0.496 e. The lowest BCUT2D eigenvalue weighted by atomic mass is 9.76. The molecule has 1 fully saturated rings. The topological polar surface area (TPSA) is 74.4 Å². The molecule has 1 amide bonds. The maximum absolute atomic E-state index is 11.6. The summed E-state index contributed by atoms with van der Waals surface area (Å²) in [4.78, 5) is 15.8. The van der Waals surface area contributed by atoms with Crippen molar-refractivity contribution in [1.82, 2.24) is 4.98 Å². The Labute approximate surface area is 120 Å². The monoisotopic (exact) mass is 276 g/mol. The summed E-state index contributed by atoms with van der Waals surface area (Å²) < 4.78 is 12.0. The lowest BCUT2D eigenvalue weighted by Crippen LogP contribution is -2.41. The van der Waals surface area contributed by atoms with E-state index in [1.54, 1.807) is 13.1 Å². The molecule has 0 atom stereocenters. The molecule has 0 aliphatic carbocycles. The van der Waals surface area contributed by atoms with Gasteiger partial charge in [-0.15, -0.1) is 0 Å². The zero-order valence-corrected chi connectivity index (χ0v) is 12.9. The Hall–Kier alpha value is -1.40. The molecule has 0 unspecified atom stereocenters. The first kappa shape index (κ1) is 15.0. The standard InChI is InChI=1S/C14H21BN2O3/c1-8-10(7-17-9(2)11(8)12(16)18)15-19-13(3,4)14(5,6)20-15/h7H,1-6H3,(H2,16,18). The molecule has 2 N–H and O–H groups in total. The van der Waals surface area contributed by atoms with Gasteiger partial charge in [-0.05, 0) is 47.1 Å². The van der Waals surface area contributed by atoms with Gasteiger partial charge in [-0.25, -0.2) is 0 Å². The first-order chi connectivity index (χ1) is 9.07. The molecule has 1 aliphatic rings. The van der Waals surface area contributed by atoms with Crippen LogP contribution in [0.5, 0.6) is 0 Å². The molecule has 0 bridgehead atoms. The number of nitrogens with zero attached hydrogens (tertiary/aromatic N) is 1. The van der Waals surface area contributed by atoms with Gasteiger partial charge >= 0.3 is 7.12 Å². The minimum atomic E-state index is -0.536. The highest BCUT2D eigenvalue weighted by Gasteiger charge is 2.52. The van der Waals surface area contributed by atoms with E-state index in [2.05, 4.69) is 4.98 Å². The number of carbonyl (C=O) groups excluding carboxylic acids is 1. The van der Waals surface area contributed by atoms with Crippen LogP contribution in [0, 0.1) is 13.8 Å². The van der Waals surface area contributed by atoms with Crippen LogP contribution in [-0.2, 0) is 9.31 Å². The van der Waals surface area contributed by atoms with Crippen molar-refractivity contribution in [2.75, 3.05) is 0 Å². The number of hydrogen-bond donors (Lipinski definition) is 1. The number of carbonyl (C=O) groups is 1. The van der Waals surface area contributed by atoms with Gasteiger partial charge in [0.15, 0.2) is 0 Å². The van der Waals surface area contributed by atoms with Crippen molar-refractivity contribution < 1.29 is 14.1 Å². The fourth-order valence-corrected chi connectivity index (χ4v) is 2.31. The van der Waals surface area contributed by atoms with E-state index in [1.807, 2.05) is 34.6 Å². The first-order valence-electron chi connectivity index (χ1n) is 6.68. The van der Waals surface area contributed by atoms with E-state index in [9.17, 15) is 4.79 Å². The van der Waals surface area contributed by atoms with E-state index in [1.165, 1.54) is 0 Å². The number of aromatic nitrogens is 1. The number of nitrogens with two attached hydrogens (primary N) is 1. The molecule has 0 radical (unpaired) electrons. The summed E-state index contributed by atoms with van der Waals surface area (Å²) in [5, 5.41) is 0. The number of hydrogen-bond acceptors (Lipinski definition) is 4. The van der Waals surface area contributed by atoms with Crippen molar-refractivity contribution in [2.24, 2.45) is 5.73 Å². The smallest absolute Gasteiger partial charge is 0.399 e. The second-order valence-corrected chi connectivity index (χ2v) is 6.25. The third-order valence-corrected chi connectivity index (χ3v) is 4.32. The normalized spacial score (nSPS) is 20.2. The molecule has 0 aromatic carbocycles. The third kappa shape index (κ3) is 2.23. The van der Waals surface area contributed by atoms with Crippen LogP contribution in [0.3, 0.4) is 0 Å². The van der Waals surface area contributed by atoms with Crippen LogP contribution < -0.4 is 11.2 Å². The second-order valence-electron chi connectivity index (χ2n) is 6.25. The number of rotatable bonds is 2. The minimum absolute atomic E-state index is 0.429. The van der Waals surface area contributed by atoms with Gasteiger partial charge in [0, 0.05) is 11.7 Å². The lowest BCUT2D eigenvalue weighted by Gasteiger charge is -2.32. The summed E-state index contributed by atoms with van der Waals surface area (Å²) in [6.45, 7) is 11.5. The van der Waals surface area contributed by atoms with E-state index in [4.69, 9.17) is 15.0 Å². The Bertz CT molecular complexity index is 554. The molecular formula is C14H21BN2O3. The molecule has 6 heteroatoms. The van der Waals surface area contributed by atoms with Crippen LogP contribution in [0.1, 0.15) is 49.3 Å². The van der Waals surface area contributed by atoms with Crippen LogP contribution in [0.4, 0.5) is 0 Å². The van der Waals surface area contributed by atoms with Gasteiger partial charge in [0.05, 0.1) is 22.5 Å². The zero-order valence-electron chi connectivity index (χ0n) is 12.9. The van der Waals surface area contributed by atoms with Crippen molar-refractivity contribution in [3.05, 3.63) is 23.0 Å². The summed E-state index contributed by atoms with van der Waals surface area (Å²) in [5.74, 6) is -0.481. The Morgan fingerprint density at radius 3 is 2.15 bits per heavy atom. The van der Waals surface area contributed by atoms with Gasteiger partial charge in [-0.1, -0.05) is 0 Å². The Balaban J connectivity index is 2.46. The van der Waals surface area contributed by atoms with E-state index in [0.29, 0.717) is 11.3 Å². The molecule has 0 spiro atoms. The van der Waals surface area contributed by atoms with E-state index >= 15 is 0 Å². The molecule has 1 aromatic heterocycles. The summed E-state index contributed by atoms with van der Waals surface area (Å²) in [7, 11) is -0.536. The third-order valence-electron chi connectivity index (χ3n) is 4.32. The lowest BCUT2D eigenvalue weighted by molar-refractivity contribution is 0.00578. The molecule has 2 rings (SSSR count). The average Bonchev–Trinajstić information content (AvgIpc) is 2.47. The molecule has 108 valence electrons. The van der Waals surface area contributed by atoms with E-state index < -0.39 is 24.2 Å². The molecule has 1 aliphatic heterocycles. The van der Waals surface area contributed by atoms with E-state index in [0.717, 1.165) is 11.0 Å². The maximum atomic E-state index is 11.6. The summed E-state index contributed by atoms with van der Waals surface area (Å²) in [5.41, 5.74) is 7.15. The van der Waals surface area contributed by atoms with Crippen molar-refractivity contribution in [1.29, 1.82) is 0 Å². The van der Waals surface area contributed by atoms with Crippen LogP contribution in [0.15, 0.2) is 6.20 Å². The number of aryl methyl sites for hydroxylation is 1. The molecule has 20 heavy (non-hydrogen) atoms. The molecule has 5 nitrogen and oxygen atoms in total. The maximum Gasteiger partial charge on any atom is 0.496 e.